The molecule has 1 heterocycles. The van der Waals surface area contributed by atoms with Crippen LogP contribution in [-0.4, -0.2) is 18.6 Å². The van der Waals surface area contributed by atoms with Crippen molar-refractivity contribution in [2.24, 2.45) is 0 Å². The minimum absolute atomic E-state index is 0.321. The van der Waals surface area contributed by atoms with E-state index < -0.39 is 0 Å². The first-order valence-corrected chi connectivity index (χ1v) is 6.47. The molecule has 0 atom stereocenters. The molecule has 102 valence electrons. The lowest BCUT2D eigenvalue weighted by molar-refractivity contribution is 0.419. The third-order valence-corrected chi connectivity index (χ3v) is 3.31. The first-order chi connectivity index (χ1) is 9.10. The Morgan fingerprint density at radius 3 is 2.68 bits per heavy atom. The van der Waals surface area contributed by atoms with Crippen molar-refractivity contribution >= 4 is 16.6 Å². The number of methoxy groups -OCH3 is 1. The van der Waals surface area contributed by atoms with E-state index in [-0.39, 0.29) is 5.82 Å². The van der Waals surface area contributed by atoms with Crippen molar-refractivity contribution < 1.29 is 9.13 Å². The average molecular weight is 262 g/mol. The second kappa shape index (κ2) is 5.43. The molecule has 1 aromatic heterocycles. The number of aryl methyl sites for hydroxylation is 1. The quantitative estimate of drug-likeness (QED) is 0.909. The van der Waals surface area contributed by atoms with Gasteiger partial charge in [0.1, 0.15) is 17.1 Å². The topological polar surface area (TPSA) is 34.2 Å². The van der Waals surface area contributed by atoms with E-state index in [1.807, 2.05) is 13.8 Å². The molecular formula is C15H19FN2O. The Labute approximate surface area is 112 Å². The summed E-state index contributed by atoms with van der Waals surface area (Å²) in [7, 11) is 1.59. The van der Waals surface area contributed by atoms with Gasteiger partial charge in [0.15, 0.2) is 0 Å². The molecule has 0 unspecified atom stereocenters. The molecule has 0 radical (unpaired) electrons. The maximum Gasteiger partial charge on any atom is 0.149 e. The van der Waals surface area contributed by atoms with Crippen LogP contribution in [0.2, 0.25) is 0 Å². The molecule has 0 saturated heterocycles. The molecule has 0 spiro atoms. The third kappa shape index (κ3) is 2.35. The van der Waals surface area contributed by atoms with E-state index in [2.05, 4.69) is 17.2 Å². The van der Waals surface area contributed by atoms with Gasteiger partial charge in [-0.25, -0.2) is 9.37 Å². The summed E-state index contributed by atoms with van der Waals surface area (Å²) >= 11 is 0. The second-order valence-electron chi connectivity index (χ2n) is 4.60. The molecule has 0 fully saturated rings. The number of nitrogens with zero attached hydrogens (tertiary/aromatic N) is 1. The molecule has 0 bridgehead atoms. The summed E-state index contributed by atoms with van der Waals surface area (Å²) in [6, 6.07) is 3.04. The lowest BCUT2D eigenvalue weighted by Crippen LogP contribution is -2.06. The van der Waals surface area contributed by atoms with Crippen LogP contribution in [0.5, 0.6) is 5.75 Å². The highest BCUT2D eigenvalue weighted by molar-refractivity contribution is 5.98. The van der Waals surface area contributed by atoms with Gasteiger partial charge in [0.25, 0.3) is 0 Å². The summed E-state index contributed by atoms with van der Waals surface area (Å²) in [5, 5.41) is 4.08. The number of anilines is 1. The molecule has 0 aliphatic carbocycles. The number of halogens is 1. The third-order valence-electron chi connectivity index (χ3n) is 3.31. The molecule has 4 heteroatoms. The van der Waals surface area contributed by atoms with Crippen LogP contribution in [0.25, 0.3) is 10.9 Å². The van der Waals surface area contributed by atoms with Gasteiger partial charge in [-0.05, 0) is 38.0 Å². The Morgan fingerprint density at radius 2 is 2.05 bits per heavy atom. The fraction of sp³-hybridized carbons (Fsp3) is 0.400. The predicted octanol–water partition coefficient (Wildman–Crippen LogP) is 3.82. The fourth-order valence-electron chi connectivity index (χ4n) is 2.16. The Kier molecular flexibility index (Phi) is 3.88. The van der Waals surface area contributed by atoms with E-state index in [0.29, 0.717) is 11.3 Å². The number of rotatable bonds is 4. The van der Waals surface area contributed by atoms with Gasteiger partial charge in [0.05, 0.1) is 18.2 Å². The van der Waals surface area contributed by atoms with E-state index >= 15 is 0 Å². The Bertz CT molecular complexity index is 611. The van der Waals surface area contributed by atoms with Crippen LogP contribution in [-0.2, 0) is 0 Å². The number of ether oxygens (including phenoxy) is 1. The summed E-state index contributed by atoms with van der Waals surface area (Å²) in [6.45, 7) is 6.81. The van der Waals surface area contributed by atoms with Gasteiger partial charge in [-0.15, -0.1) is 0 Å². The van der Waals surface area contributed by atoms with Gasteiger partial charge in [0.2, 0.25) is 0 Å². The highest BCUT2D eigenvalue weighted by Gasteiger charge is 2.16. The largest absolute Gasteiger partial charge is 0.496 e. The van der Waals surface area contributed by atoms with Crippen LogP contribution >= 0.6 is 0 Å². The first kappa shape index (κ1) is 13.6. The molecule has 0 aliphatic heterocycles. The Balaban J connectivity index is 2.80. The van der Waals surface area contributed by atoms with Crippen molar-refractivity contribution in [1.29, 1.82) is 0 Å². The minimum Gasteiger partial charge on any atom is -0.496 e. The molecule has 2 aromatic rings. The number of aromatic nitrogens is 1. The second-order valence-corrected chi connectivity index (χ2v) is 4.60. The van der Waals surface area contributed by atoms with Crippen LogP contribution in [0.3, 0.4) is 0 Å². The molecule has 1 aromatic carbocycles. The smallest absolute Gasteiger partial charge is 0.149 e. The lowest BCUT2D eigenvalue weighted by Gasteiger charge is -2.16. The van der Waals surface area contributed by atoms with Crippen molar-refractivity contribution in [3.8, 4) is 5.75 Å². The number of hydrogen-bond donors (Lipinski definition) is 1. The van der Waals surface area contributed by atoms with Gasteiger partial charge in [-0.3, -0.25) is 0 Å². The zero-order valence-electron chi connectivity index (χ0n) is 11.8. The average Bonchev–Trinajstić information content (AvgIpc) is 2.41. The monoisotopic (exact) mass is 262 g/mol. The Hall–Kier alpha value is -1.84. The van der Waals surface area contributed by atoms with Gasteiger partial charge in [0, 0.05) is 12.2 Å². The predicted molar refractivity (Wildman–Crippen MR) is 76.5 cm³/mol. The summed E-state index contributed by atoms with van der Waals surface area (Å²) < 4.78 is 19.3. The van der Waals surface area contributed by atoms with E-state index in [1.54, 1.807) is 13.2 Å². The normalized spacial score (nSPS) is 10.8. The van der Waals surface area contributed by atoms with E-state index in [1.165, 1.54) is 6.07 Å². The lowest BCUT2D eigenvalue weighted by atomic mass is 10.1. The number of hydrogen-bond acceptors (Lipinski definition) is 3. The highest BCUT2D eigenvalue weighted by Crippen LogP contribution is 2.36. The van der Waals surface area contributed by atoms with Gasteiger partial charge in [-0.2, -0.15) is 0 Å². The number of nitrogens with one attached hydrogen (secondary N) is 1. The van der Waals surface area contributed by atoms with Crippen molar-refractivity contribution in [2.75, 3.05) is 19.0 Å². The SMILES string of the molecule is CCCNc1c(C)c(C)nc2c(F)ccc(OC)c12. The van der Waals surface area contributed by atoms with Crippen molar-refractivity contribution in [2.45, 2.75) is 27.2 Å². The van der Waals surface area contributed by atoms with E-state index in [9.17, 15) is 4.39 Å². The molecule has 0 saturated carbocycles. The zero-order chi connectivity index (χ0) is 14.0. The van der Waals surface area contributed by atoms with Crippen LogP contribution in [0.15, 0.2) is 12.1 Å². The van der Waals surface area contributed by atoms with Gasteiger partial charge >= 0.3 is 0 Å². The van der Waals surface area contributed by atoms with Crippen LogP contribution in [0, 0.1) is 19.7 Å². The van der Waals surface area contributed by atoms with Crippen molar-refractivity contribution in [1.82, 2.24) is 4.98 Å². The number of fused-ring (bicyclic) bond motifs is 1. The Morgan fingerprint density at radius 1 is 1.32 bits per heavy atom. The molecule has 1 N–H and O–H groups in total. The van der Waals surface area contributed by atoms with Crippen LogP contribution in [0.1, 0.15) is 24.6 Å². The summed E-state index contributed by atoms with van der Waals surface area (Å²) in [6.07, 6.45) is 1.000. The zero-order valence-corrected chi connectivity index (χ0v) is 11.8. The van der Waals surface area contributed by atoms with Crippen molar-refractivity contribution in [3.05, 3.63) is 29.2 Å². The van der Waals surface area contributed by atoms with Crippen LogP contribution < -0.4 is 10.1 Å². The minimum atomic E-state index is -0.321. The fourth-order valence-corrected chi connectivity index (χ4v) is 2.16. The van der Waals surface area contributed by atoms with E-state index in [0.717, 1.165) is 35.3 Å². The van der Waals surface area contributed by atoms with E-state index in [4.69, 9.17) is 4.74 Å². The molecule has 0 amide bonds. The maximum absolute atomic E-state index is 14.0. The number of benzene rings is 1. The molecule has 0 aliphatic rings. The van der Waals surface area contributed by atoms with Crippen molar-refractivity contribution in [3.63, 3.8) is 0 Å². The maximum atomic E-state index is 14.0. The van der Waals surface area contributed by atoms with Gasteiger partial charge < -0.3 is 10.1 Å². The number of pyridine rings is 1. The molecule has 19 heavy (non-hydrogen) atoms. The van der Waals surface area contributed by atoms with Gasteiger partial charge in [-0.1, -0.05) is 6.92 Å². The molecule has 3 nitrogen and oxygen atoms in total. The molecular weight excluding hydrogens is 243 g/mol. The standard InChI is InChI=1S/C15H19FN2O/c1-5-8-17-14-9(2)10(3)18-15-11(16)6-7-12(19-4)13(14)15/h6-7H,5,8H2,1-4H3,(H,17,18). The summed E-state index contributed by atoms with van der Waals surface area (Å²) in [5.41, 5.74) is 3.14. The van der Waals surface area contributed by atoms with Crippen LogP contribution in [0.4, 0.5) is 10.1 Å². The summed E-state index contributed by atoms with van der Waals surface area (Å²) in [5.74, 6) is 0.323. The molecule has 2 rings (SSSR count). The highest BCUT2D eigenvalue weighted by atomic mass is 19.1. The first-order valence-electron chi connectivity index (χ1n) is 6.47. The summed E-state index contributed by atoms with van der Waals surface area (Å²) in [4.78, 5) is 4.36.